The first-order chi connectivity index (χ1) is 16.8. The molecule has 2 atom stereocenters. The van der Waals surface area contributed by atoms with Gasteiger partial charge in [0.1, 0.15) is 6.04 Å². The Morgan fingerprint density at radius 2 is 1.83 bits per heavy atom. The van der Waals surface area contributed by atoms with E-state index in [9.17, 15) is 18.0 Å². The molecule has 1 amide bonds. The van der Waals surface area contributed by atoms with Crippen LogP contribution in [0.3, 0.4) is 0 Å². The highest BCUT2D eigenvalue weighted by molar-refractivity contribution is 14.1. The van der Waals surface area contributed by atoms with Crippen LogP contribution in [0.5, 0.6) is 0 Å². The molecule has 3 rings (SSSR count). The van der Waals surface area contributed by atoms with E-state index in [-0.39, 0.29) is 23.9 Å². The molecule has 0 aliphatic carbocycles. The summed E-state index contributed by atoms with van der Waals surface area (Å²) in [4.78, 5) is 24.8. The standard InChI is InChI=1S/C24H29IN2O7S/c1-2-32-22(28)15-17-6-10-19(11-7-17)26-24(29)21(16-34-23-5-3-4-14-33-23)27-35(30,31)20-12-8-18(25)9-13-20/h6-13,21,23,27H,2-5,14-16H2,1H3,(H,26,29)/t21-,23?/m0/s1. The Balaban J connectivity index is 1.70. The minimum atomic E-state index is -3.98. The first-order valence-electron chi connectivity index (χ1n) is 11.3. The van der Waals surface area contributed by atoms with Crippen molar-refractivity contribution in [2.75, 3.05) is 25.1 Å². The highest BCUT2D eigenvalue weighted by Crippen LogP contribution is 2.17. The second-order valence-electron chi connectivity index (χ2n) is 7.93. The Kier molecular flexibility index (Phi) is 10.5. The second-order valence-corrected chi connectivity index (χ2v) is 10.9. The number of amides is 1. The molecular formula is C24H29IN2O7S. The summed E-state index contributed by atoms with van der Waals surface area (Å²) in [5.74, 6) is -0.913. The molecule has 11 heteroatoms. The normalized spacial score (nSPS) is 16.9. The molecule has 1 aliphatic rings. The number of carbonyl (C=O) groups is 2. The lowest BCUT2D eigenvalue weighted by atomic mass is 10.1. The monoisotopic (exact) mass is 616 g/mol. The van der Waals surface area contributed by atoms with Crippen LogP contribution >= 0.6 is 22.6 Å². The Labute approximate surface area is 219 Å². The Morgan fingerprint density at radius 1 is 1.11 bits per heavy atom. The molecule has 0 aromatic heterocycles. The average Bonchev–Trinajstić information content (AvgIpc) is 2.84. The molecule has 0 bridgehead atoms. The summed E-state index contributed by atoms with van der Waals surface area (Å²) in [5.41, 5.74) is 1.19. The third kappa shape index (κ3) is 8.83. The van der Waals surface area contributed by atoms with Crippen LogP contribution in [0.4, 0.5) is 5.69 Å². The zero-order valence-corrected chi connectivity index (χ0v) is 22.3. The van der Waals surface area contributed by atoms with Crippen LogP contribution < -0.4 is 10.0 Å². The minimum absolute atomic E-state index is 0.0490. The van der Waals surface area contributed by atoms with Gasteiger partial charge in [-0.05, 0) is 90.7 Å². The van der Waals surface area contributed by atoms with Gasteiger partial charge in [0.25, 0.3) is 0 Å². The number of anilines is 1. The first-order valence-corrected chi connectivity index (χ1v) is 13.9. The number of hydrogen-bond acceptors (Lipinski definition) is 7. The van der Waals surface area contributed by atoms with Gasteiger partial charge < -0.3 is 19.5 Å². The minimum Gasteiger partial charge on any atom is -0.466 e. The molecule has 0 saturated carbocycles. The maximum absolute atomic E-state index is 13.1. The number of benzene rings is 2. The zero-order valence-electron chi connectivity index (χ0n) is 19.4. The van der Waals surface area contributed by atoms with Crippen LogP contribution in [0, 0.1) is 3.57 Å². The number of esters is 1. The average molecular weight is 616 g/mol. The lowest BCUT2D eigenvalue weighted by Gasteiger charge is -2.25. The molecule has 1 heterocycles. The lowest BCUT2D eigenvalue weighted by molar-refractivity contribution is -0.166. The van der Waals surface area contributed by atoms with Gasteiger partial charge in [0.05, 0.1) is 24.5 Å². The van der Waals surface area contributed by atoms with Gasteiger partial charge in [0.2, 0.25) is 15.9 Å². The highest BCUT2D eigenvalue weighted by Gasteiger charge is 2.28. The van der Waals surface area contributed by atoms with Crippen molar-refractivity contribution in [2.24, 2.45) is 0 Å². The van der Waals surface area contributed by atoms with Crippen molar-refractivity contribution >= 4 is 50.2 Å². The second kappa shape index (κ2) is 13.3. The molecule has 190 valence electrons. The van der Waals surface area contributed by atoms with Crippen LogP contribution in [0.15, 0.2) is 53.4 Å². The van der Waals surface area contributed by atoms with Crippen LogP contribution in [-0.2, 0) is 40.2 Å². The van der Waals surface area contributed by atoms with Gasteiger partial charge in [0.15, 0.2) is 6.29 Å². The number of hydrogen-bond donors (Lipinski definition) is 2. The van der Waals surface area contributed by atoms with Crippen LogP contribution in [0.2, 0.25) is 0 Å². The number of halogens is 1. The number of carbonyl (C=O) groups excluding carboxylic acids is 2. The molecule has 2 aromatic carbocycles. The molecule has 35 heavy (non-hydrogen) atoms. The summed E-state index contributed by atoms with van der Waals surface area (Å²) >= 11 is 2.08. The third-order valence-corrected chi connectivity index (χ3v) is 7.41. The van der Waals surface area contributed by atoms with E-state index in [4.69, 9.17) is 14.2 Å². The SMILES string of the molecule is CCOC(=O)Cc1ccc(NC(=O)[C@H](COC2CCCCO2)NS(=O)(=O)c2ccc(I)cc2)cc1. The van der Waals surface area contributed by atoms with Crippen molar-refractivity contribution in [1.82, 2.24) is 4.72 Å². The van der Waals surface area contributed by atoms with Crippen molar-refractivity contribution in [1.29, 1.82) is 0 Å². The number of sulfonamides is 1. The molecule has 2 N–H and O–H groups in total. The highest BCUT2D eigenvalue weighted by atomic mass is 127. The third-order valence-electron chi connectivity index (χ3n) is 5.20. The predicted molar refractivity (Wildman–Crippen MR) is 138 cm³/mol. The van der Waals surface area contributed by atoms with E-state index in [0.29, 0.717) is 25.3 Å². The zero-order chi connectivity index (χ0) is 25.3. The smallest absolute Gasteiger partial charge is 0.310 e. The van der Waals surface area contributed by atoms with Crippen LogP contribution in [0.1, 0.15) is 31.7 Å². The van der Waals surface area contributed by atoms with Crippen molar-refractivity contribution < 1.29 is 32.2 Å². The summed E-state index contributed by atoms with van der Waals surface area (Å²) in [5, 5.41) is 2.71. The van der Waals surface area contributed by atoms with E-state index in [1.165, 1.54) is 12.1 Å². The fourth-order valence-corrected chi connectivity index (χ4v) is 4.93. The molecule has 1 saturated heterocycles. The van der Waals surface area contributed by atoms with E-state index < -0.39 is 28.3 Å². The van der Waals surface area contributed by atoms with Crippen LogP contribution in [-0.4, -0.2) is 52.4 Å². The summed E-state index contributed by atoms with van der Waals surface area (Å²) in [6.07, 6.45) is 2.20. The van der Waals surface area contributed by atoms with Gasteiger partial charge in [-0.3, -0.25) is 9.59 Å². The Bertz CT molecular complexity index is 1090. The van der Waals surface area contributed by atoms with Gasteiger partial charge >= 0.3 is 5.97 Å². The fourth-order valence-electron chi connectivity index (χ4n) is 3.39. The summed E-state index contributed by atoms with van der Waals surface area (Å²) in [6.45, 7) is 2.42. The van der Waals surface area contributed by atoms with E-state index in [0.717, 1.165) is 22.0 Å². The van der Waals surface area contributed by atoms with Gasteiger partial charge in [-0.15, -0.1) is 0 Å². The van der Waals surface area contributed by atoms with E-state index in [1.807, 2.05) is 0 Å². The van der Waals surface area contributed by atoms with Gasteiger partial charge in [-0.2, -0.15) is 4.72 Å². The van der Waals surface area contributed by atoms with E-state index in [1.54, 1.807) is 43.3 Å². The number of nitrogens with one attached hydrogen (secondary N) is 2. The molecule has 0 radical (unpaired) electrons. The summed E-state index contributed by atoms with van der Waals surface area (Å²) in [6, 6.07) is 11.8. The van der Waals surface area contributed by atoms with Gasteiger partial charge in [0, 0.05) is 15.9 Å². The van der Waals surface area contributed by atoms with Crippen molar-refractivity contribution in [3.8, 4) is 0 Å². The topological polar surface area (TPSA) is 120 Å². The molecule has 1 fully saturated rings. The predicted octanol–water partition coefficient (Wildman–Crippen LogP) is 3.23. The maximum atomic E-state index is 13.1. The number of ether oxygens (including phenoxy) is 3. The molecule has 2 aromatic rings. The first kappa shape index (κ1) is 27.5. The van der Waals surface area contributed by atoms with E-state index in [2.05, 4.69) is 32.6 Å². The molecule has 1 unspecified atom stereocenters. The van der Waals surface area contributed by atoms with Gasteiger partial charge in [-0.1, -0.05) is 12.1 Å². The number of rotatable bonds is 11. The molecule has 9 nitrogen and oxygen atoms in total. The van der Waals surface area contributed by atoms with Crippen LogP contribution in [0.25, 0.3) is 0 Å². The Morgan fingerprint density at radius 3 is 2.46 bits per heavy atom. The summed E-state index contributed by atoms with van der Waals surface area (Å²) in [7, 11) is -3.98. The Hall–Kier alpha value is -2.06. The summed E-state index contributed by atoms with van der Waals surface area (Å²) < 4.78 is 45.4. The largest absolute Gasteiger partial charge is 0.466 e. The van der Waals surface area contributed by atoms with Crippen molar-refractivity contribution in [3.63, 3.8) is 0 Å². The van der Waals surface area contributed by atoms with Crippen molar-refractivity contribution in [2.45, 2.75) is 49.8 Å². The maximum Gasteiger partial charge on any atom is 0.310 e. The van der Waals surface area contributed by atoms with E-state index >= 15 is 0 Å². The molecule has 1 aliphatic heterocycles. The quantitative estimate of drug-likeness (QED) is 0.294. The molecular weight excluding hydrogens is 587 g/mol. The fraction of sp³-hybridized carbons (Fsp3) is 0.417. The lowest BCUT2D eigenvalue weighted by Crippen LogP contribution is -2.47. The van der Waals surface area contributed by atoms with Crippen molar-refractivity contribution in [3.05, 3.63) is 57.7 Å². The van der Waals surface area contributed by atoms with Gasteiger partial charge in [-0.25, -0.2) is 8.42 Å². The molecule has 0 spiro atoms.